The van der Waals surface area contributed by atoms with Crippen LogP contribution in [0.4, 0.5) is 0 Å². The number of aliphatic hydroxyl groups excluding tert-OH is 1. The van der Waals surface area contributed by atoms with Crippen LogP contribution in [0.15, 0.2) is 24.3 Å². The minimum atomic E-state index is 0.123. The Labute approximate surface area is 105 Å². The molecule has 0 aliphatic carbocycles. The van der Waals surface area contributed by atoms with Crippen molar-refractivity contribution in [3.8, 4) is 0 Å². The summed E-state index contributed by atoms with van der Waals surface area (Å²) in [4.78, 5) is 2.51. The third-order valence-electron chi connectivity index (χ3n) is 3.29. The molecule has 1 atom stereocenters. The molecule has 1 rings (SSSR count). The van der Waals surface area contributed by atoms with E-state index in [1.807, 2.05) is 12.1 Å². The zero-order valence-electron chi connectivity index (χ0n) is 11.5. The molecule has 0 spiro atoms. The molecular formula is C15H25NO. The maximum absolute atomic E-state index is 9.04. The zero-order valence-corrected chi connectivity index (χ0v) is 11.5. The van der Waals surface area contributed by atoms with E-state index in [2.05, 4.69) is 44.7 Å². The monoisotopic (exact) mass is 235 g/mol. The van der Waals surface area contributed by atoms with Crippen LogP contribution in [0.2, 0.25) is 0 Å². The van der Waals surface area contributed by atoms with E-state index in [9.17, 15) is 0 Å². The van der Waals surface area contributed by atoms with E-state index in [0.29, 0.717) is 12.1 Å². The van der Waals surface area contributed by atoms with Gasteiger partial charge in [0.15, 0.2) is 0 Å². The Kier molecular flexibility index (Phi) is 5.66. The lowest BCUT2D eigenvalue weighted by Gasteiger charge is -2.32. The van der Waals surface area contributed by atoms with Crippen LogP contribution in [0.1, 0.15) is 51.3 Å². The van der Waals surface area contributed by atoms with Gasteiger partial charge in [-0.3, -0.25) is 4.90 Å². The highest BCUT2D eigenvalue weighted by Gasteiger charge is 2.17. The summed E-state index contributed by atoms with van der Waals surface area (Å²) < 4.78 is 0. The van der Waals surface area contributed by atoms with Crippen molar-refractivity contribution in [2.75, 3.05) is 6.54 Å². The largest absolute Gasteiger partial charge is 0.392 e. The second-order valence-electron chi connectivity index (χ2n) is 4.91. The third kappa shape index (κ3) is 3.83. The highest BCUT2D eigenvalue weighted by atomic mass is 16.3. The standard InChI is InChI=1S/C15H25NO/c1-5-10-16(12(2)3)13(4)15-8-6-14(11-17)7-9-15/h6-9,12-13,17H,5,10-11H2,1-4H3. The molecule has 0 amide bonds. The van der Waals surface area contributed by atoms with Crippen molar-refractivity contribution in [3.05, 3.63) is 35.4 Å². The lowest BCUT2D eigenvalue weighted by Crippen LogP contribution is -2.34. The summed E-state index contributed by atoms with van der Waals surface area (Å²) in [5, 5.41) is 9.04. The smallest absolute Gasteiger partial charge is 0.0681 e. The van der Waals surface area contributed by atoms with E-state index >= 15 is 0 Å². The van der Waals surface area contributed by atoms with Crippen LogP contribution in [0.3, 0.4) is 0 Å². The lowest BCUT2D eigenvalue weighted by atomic mass is 10.0. The molecule has 2 heteroatoms. The van der Waals surface area contributed by atoms with Gasteiger partial charge < -0.3 is 5.11 Å². The van der Waals surface area contributed by atoms with Crippen LogP contribution in [0, 0.1) is 0 Å². The summed E-state index contributed by atoms with van der Waals surface area (Å²) >= 11 is 0. The summed E-state index contributed by atoms with van der Waals surface area (Å²) in [6.07, 6.45) is 1.18. The molecule has 17 heavy (non-hydrogen) atoms. The van der Waals surface area contributed by atoms with Gasteiger partial charge in [-0.25, -0.2) is 0 Å². The van der Waals surface area contributed by atoms with E-state index < -0.39 is 0 Å². The minimum absolute atomic E-state index is 0.123. The molecular weight excluding hydrogens is 210 g/mol. The van der Waals surface area contributed by atoms with Gasteiger partial charge in [-0.2, -0.15) is 0 Å². The first-order valence-electron chi connectivity index (χ1n) is 6.55. The van der Waals surface area contributed by atoms with Crippen LogP contribution in [0.25, 0.3) is 0 Å². The van der Waals surface area contributed by atoms with Crippen molar-refractivity contribution < 1.29 is 5.11 Å². The summed E-state index contributed by atoms with van der Waals surface area (Å²) in [6, 6.07) is 9.26. The Hall–Kier alpha value is -0.860. The number of hydrogen-bond donors (Lipinski definition) is 1. The number of nitrogens with zero attached hydrogens (tertiary/aromatic N) is 1. The fourth-order valence-corrected chi connectivity index (χ4v) is 2.25. The van der Waals surface area contributed by atoms with Gasteiger partial charge in [-0.1, -0.05) is 31.2 Å². The molecule has 2 nitrogen and oxygen atoms in total. The average molecular weight is 235 g/mol. The molecule has 0 heterocycles. The topological polar surface area (TPSA) is 23.5 Å². The Morgan fingerprint density at radius 2 is 1.71 bits per heavy atom. The third-order valence-corrected chi connectivity index (χ3v) is 3.29. The van der Waals surface area contributed by atoms with E-state index in [4.69, 9.17) is 5.11 Å². The Bertz CT molecular complexity index is 318. The number of hydrogen-bond acceptors (Lipinski definition) is 2. The van der Waals surface area contributed by atoms with Crippen LogP contribution in [-0.2, 0) is 6.61 Å². The van der Waals surface area contributed by atoms with Gasteiger partial charge in [0.2, 0.25) is 0 Å². The summed E-state index contributed by atoms with van der Waals surface area (Å²) in [5.41, 5.74) is 2.30. The second kappa shape index (κ2) is 6.77. The molecule has 0 aliphatic heterocycles. The summed E-state index contributed by atoms with van der Waals surface area (Å²) in [7, 11) is 0. The fraction of sp³-hybridized carbons (Fsp3) is 0.600. The van der Waals surface area contributed by atoms with Crippen molar-refractivity contribution in [1.29, 1.82) is 0 Å². The van der Waals surface area contributed by atoms with Crippen molar-refractivity contribution in [2.24, 2.45) is 0 Å². The van der Waals surface area contributed by atoms with Crippen LogP contribution in [-0.4, -0.2) is 22.6 Å². The number of benzene rings is 1. The van der Waals surface area contributed by atoms with Crippen LogP contribution < -0.4 is 0 Å². The lowest BCUT2D eigenvalue weighted by molar-refractivity contribution is 0.165. The Morgan fingerprint density at radius 1 is 1.12 bits per heavy atom. The molecule has 0 bridgehead atoms. The van der Waals surface area contributed by atoms with Crippen molar-refractivity contribution in [3.63, 3.8) is 0 Å². The van der Waals surface area contributed by atoms with E-state index in [-0.39, 0.29) is 6.61 Å². The van der Waals surface area contributed by atoms with E-state index in [0.717, 1.165) is 12.1 Å². The van der Waals surface area contributed by atoms with Gasteiger partial charge in [-0.05, 0) is 44.9 Å². The van der Waals surface area contributed by atoms with Crippen molar-refractivity contribution in [2.45, 2.75) is 52.8 Å². The molecule has 1 unspecified atom stereocenters. The van der Waals surface area contributed by atoms with Gasteiger partial charge in [0, 0.05) is 12.1 Å². The molecule has 1 aromatic carbocycles. The van der Waals surface area contributed by atoms with Gasteiger partial charge in [-0.15, -0.1) is 0 Å². The molecule has 96 valence electrons. The Balaban J connectivity index is 2.81. The predicted octanol–water partition coefficient (Wildman–Crippen LogP) is 3.36. The Morgan fingerprint density at radius 3 is 2.12 bits per heavy atom. The first-order chi connectivity index (χ1) is 8.10. The van der Waals surface area contributed by atoms with Crippen LogP contribution >= 0.6 is 0 Å². The summed E-state index contributed by atoms with van der Waals surface area (Å²) in [6.45, 7) is 10.2. The highest BCUT2D eigenvalue weighted by Crippen LogP contribution is 2.23. The molecule has 0 saturated carbocycles. The first-order valence-corrected chi connectivity index (χ1v) is 6.55. The molecule has 0 radical (unpaired) electrons. The van der Waals surface area contributed by atoms with Gasteiger partial charge in [0.1, 0.15) is 0 Å². The predicted molar refractivity (Wildman–Crippen MR) is 72.9 cm³/mol. The van der Waals surface area contributed by atoms with Crippen molar-refractivity contribution >= 4 is 0 Å². The van der Waals surface area contributed by atoms with E-state index in [1.54, 1.807) is 0 Å². The van der Waals surface area contributed by atoms with Crippen molar-refractivity contribution in [1.82, 2.24) is 4.90 Å². The average Bonchev–Trinajstić information content (AvgIpc) is 2.35. The molecule has 1 aromatic rings. The first kappa shape index (κ1) is 14.2. The van der Waals surface area contributed by atoms with Gasteiger partial charge in [0.25, 0.3) is 0 Å². The molecule has 0 aromatic heterocycles. The zero-order chi connectivity index (χ0) is 12.8. The maximum Gasteiger partial charge on any atom is 0.0681 e. The van der Waals surface area contributed by atoms with Gasteiger partial charge in [0.05, 0.1) is 6.61 Å². The van der Waals surface area contributed by atoms with E-state index in [1.165, 1.54) is 12.0 Å². The molecule has 1 N–H and O–H groups in total. The van der Waals surface area contributed by atoms with Crippen LogP contribution in [0.5, 0.6) is 0 Å². The second-order valence-corrected chi connectivity index (χ2v) is 4.91. The fourth-order valence-electron chi connectivity index (χ4n) is 2.25. The molecule has 0 aliphatic rings. The molecule has 0 saturated heterocycles. The highest BCUT2D eigenvalue weighted by molar-refractivity contribution is 5.24. The maximum atomic E-state index is 9.04. The minimum Gasteiger partial charge on any atom is -0.392 e. The number of aliphatic hydroxyl groups is 1. The molecule has 0 fully saturated rings. The van der Waals surface area contributed by atoms with Gasteiger partial charge >= 0.3 is 0 Å². The summed E-state index contributed by atoms with van der Waals surface area (Å²) in [5.74, 6) is 0. The quantitative estimate of drug-likeness (QED) is 0.817. The number of rotatable bonds is 6. The SMILES string of the molecule is CCCN(C(C)C)C(C)c1ccc(CO)cc1. The normalized spacial score (nSPS) is 13.4.